The van der Waals surface area contributed by atoms with E-state index < -0.39 is 6.04 Å². The molecule has 0 radical (unpaired) electrons. The van der Waals surface area contributed by atoms with Crippen LogP contribution in [-0.4, -0.2) is 29.8 Å². The molecule has 0 fully saturated rings. The molecule has 1 aliphatic rings. The SMILES string of the molecule is O=C[C@@H]1Cc2cccc(c2)C=CCCOc2cccc(c2)-c2ncccc2C(=O)N1. The van der Waals surface area contributed by atoms with E-state index in [-0.39, 0.29) is 5.91 Å². The third kappa shape index (κ3) is 4.63. The van der Waals surface area contributed by atoms with E-state index in [0.717, 1.165) is 35.1 Å². The van der Waals surface area contributed by atoms with Gasteiger partial charge in [-0.05, 0) is 48.2 Å². The second-order valence-electron chi connectivity index (χ2n) is 7.13. The van der Waals surface area contributed by atoms with Gasteiger partial charge in [-0.25, -0.2) is 0 Å². The first kappa shape index (κ1) is 19.6. The van der Waals surface area contributed by atoms with Crippen LogP contribution >= 0.6 is 0 Å². The van der Waals surface area contributed by atoms with Crippen LogP contribution in [0.2, 0.25) is 0 Å². The maximum Gasteiger partial charge on any atom is 0.254 e. The number of amides is 1. The number of nitrogens with zero attached hydrogens (tertiary/aromatic N) is 1. The zero-order chi connectivity index (χ0) is 20.8. The number of ether oxygens (including phenoxy) is 1. The molecule has 1 aromatic heterocycles. The quantitative estimate of drug-likeness (QED) is 0.627. The molecule has 2 aromatic carbocycles. The molecule has 30 heavy (non-hydrogen) atoms. The highest BCUT2D eigenvalue weighted by Gasteiger charge is 2.18. The molecule has 1 amide bonds. The second-order valence-corrected chi connectivity index (χ2v) is 7.13. The molecule has 5 nitrogen and oxygen atoms in total. The third-order valence-electron chi connectivity index (χ3n) is 4.91. The van der Waals surface area contributed by atoms with E-state index in [9.17, 15) is 9.59 Å². The van der Waals surface area contributed by atoms with Crippen LogP contribution in [0, 0.1) is 0 Å². The monoisotopic (exact) mass is 398 g/mol. The Morgan fingerprint density at radius 1 is 1.07 bits per heavy atom. The molecule has 5 heteroatoms. The van der Waals surface area contributed by atoms with Gasteiger partial charge in [0.05, 0.1) is 23.9 Å². The summed E-state index contributed by atoms with van der Waals surface area (Å²) >= 11 is 0. The van der Waals surface area contributed by atoms with Gasteiger partial charge in [0.1, 0.15) is 12.0 Å². The second kappa shape index (κ2) is 9.18. The minimum atomic E-state index is -0.630. The minimum Gasteiger partial charge on any atom is -0.493 e. The lowest BCUT2D eigenvalue weighted by molar-refractivity contribution is -0.109. The number of nitrogens with one attached hydrogen (secondary N) is 1. The Balaban J connectivity index is 1.73. The summed E-state index contributed by atoms with van der Waals surface area (Å²) in [6.07, 6.45) is 7.71. The number of pyridine rings is 1. The third-order valence-corrected chi connectivity index (χ3v) is 4.91. The highest BCUT2D eigenvalue weighted by Crippen LogP contribution is 2.25. The maximum atomic E-state index is 13.0. The van der Waals surface area contributed by atoms with Crippen molar-refractivity contribution in [2.45, 2.75) is 18.9 Å². The molecule has 4 bridgehead atoms. The van der Waals surface area contributed by atoms with Crippen LogP contribution in [0.25, 0.3) is 17.3 Å². The van der Waals surface area contributed by atoms with Crippen molar-refractivity contribution in [1.82, 2.24) is 10.3 Å². The Kier molecular flexibility index (Phi) is 5.99. The number of aromatic nitrogens is 1. The largest absolute Gasteiger partial charge is 0.493 e. The van der Waals surface area contributed by atoms with Crippen molar-refractivity contribution in [2.75, 3.05) is 6.61 Å². The Morgan fingerprint density at radius 3 is 2.87 bits per heavy atom. The fourth-order valence-corrected chi connectivity index (χ4v) is 3.47. The van der Waals surface area contributed by atoms with Crippen molar-refractivity contribution >= 4 is 18.3 Å². The van der Waals surface area contributed by atoms with Crippen molar-refractivity contribution in [1.29, 1.82) is 0 Å². The van der Waals surface area contributed by atoms with E-state index in [4.69, 9.17) is 4.74 Å². The highest BCUT2D eigenvalue weighted by molar-refractivity contribution is 6.01. The van der Waals surface area contributed by atoms with Gasteiger partial charge in [0, 0.05) is 11.8 Å². The molecule has 2 heterocycles. The summed E-state index contributed by atoms with van der Waals surface area (Å²) in [6, 6.07) is 18.3. The standard InChI is InChI=1S/C25H22N2O3/c28-17-21-15-19-8-3-7-18(14-19)6-1-2-13-30-22-10-4-9-20(16-22)24-23(25(29)27-21)11-5-12-26-24/h1,3-12,14,16-17,21H,2,13,15H2,(H,27,29)/t21-/m0/s1. The van der Waals surface area contributed by atoms with Crippen LogP contribution < -0.4 is 10.1 Å². The van der Waals surface area contributed by atoms with Gasteiger partial charge in [0.15, 0.2) is 0 Å². The van der Waals surface area contributed by atoms with Crippen molar-refractivity contribution in [2.24, 2.45) is 0 Å². The summed E-state index contributed by atoms with van der Waals surface area (Å²) in [5.74, 6) is 0.386. The molecule has 0 aliphatic carbocycles. The van der Waals surface area contributed by atoms with Gasteiger partial charge in [-0.3, -0.25) is 9.78 Å². The van der Waals surface area contributed by atoms with Gasteiger partial charge in [-0.2, -0.15) is 0 Å². The lowest BCUT2D eigenvalue weighted by Gasteiger charge is -2.15. The topological polar surface area (TPSA) is 68.3 Å². The Bertz CT molecular complexity index is 1090. The maximum absolute atomic E-state index is 13.0. The predicted octanol–water partition coefficient (Wildman–Crippen LogP) is 4.08. The van der Waals surface area contributed by atoms with Crippen LogP contribution in [0.4, 0.5) is 0 Å². The minimum absolute atomic E-state index is 0.332. The summed E-state index contributed by atoms with van der Waals surface area (Å²) in [5, 5.41) is 2.84. The van der Waals surface area contributed by atoms with E-state index in [1.165, 1.54) is 0 Å². The van der Waals surface area contributed by atoms with Crippen LogP contribution in [0.15, 0.2) is 72.9 Å². The first-order valence-electron chi connectivity index (χ1n) is 9.93. The number of benzene rings is 2. The van der Waals surface area contributed by atoms with Crippen molar-refractivity contribution in [3.05, 3.63) is 89.6 Å². The van der Waals surface area contributed by atoms with E-state index in [1.54, 1.807) is 18.3 Å². The number of hydrogen-bond acceptors (Lipinski definition) is 4. The average Bonchev–Trinajstić information content (AvgIpc) is 2.78. The smallest absolute Gasteiger partial charge is 0.254 e. The van der Waals surface area contributed by atoms with Gasteiger partial charge in [-0.15, -0.1) is 0 Å². The molecule has 4 rings (SSSR count). The van der Waals surface area contributed by atoms with Crippen LogP contribution in [0.3, 0.4) is 0 Å². The lowest BCUT2D eigenvalue weighted by atomic mass is 10.0. The van der Waals surface area contributed by atoms with E-state index >= 15 is 0 Å². The summed E-state index contributed by atoms with van der Waals surface area (Å²) in [6.45, 7) is 0.544. The number of carbonyl (C=O) groups excluding carboxylic acids is 2. The molecule has 3 aromatic rings. The van der Waals surface area contributed by atoms with Gasteiger partial charge < -0.3 is 14.8 Å². The van der Waals surface area contributed by atoms with E-state index in [2.05, 4.69) is 16.4 Å². The molecule has 0 spiro atoms. The summed E-state index contributed by atoms with van der Waals surface area (Å²) in [4.78, 5) is 29.1. The van der Waals surface area contributed by atoms with Crippen molar-refractivity contribution < 1.29 is 14.3 Å². The van der Waals surface area contributed by atoms with Crippen LogP contribution in [0.5, 0.6) is 5.75 Å². The molecule has 0 saturated heterocycles. The molecule has 150 valence electrons. The number of fused-ring (bicyclic) bond motifs is 6. The van der Waals surface area contributed by atoms with Crippen molar-refractivity contribution in [3.63, 3.8) is 0 Å². The molecule has 1 N–H and O–H groups in total. The normalized spacial score (nSPS) is 16.5. The van der Waals surface area contributed by atoms with Gasteiger partial charge in [0.2, 0.25) is 0 Å². The molecule has 0 saturated carbocycles. The molecule has 1 atom stereocenters. The fourth-order valence-electron chi connectivity index (χ4n) is 3.47. The number of carbonyl (C=O) groups is 2. The first-order valence-corrected chi connectivity index (χ1v) is 9.93. The number of rotatable bonds is 1. The van der Waals surface area contributed by atoms with Gasteiger partial charge >= 0.3 is 0 Å². The van der Waals surface area contributed by atoms with E-state index in [0.29, 0.717) is 24.3 Å². The van der Waals surface area contributed by atoms with Gasteiger partial charge in [0.25, 0.3) is 5.91 Å². The molecular weight excluding hydrogens is 376 g/mol. The molecule has 0 unspecified atom stereocenters. The van der Waals surface area contributed by atoms with Crippen LogP contribution in [-0.2, 0) is 11.2 Å². The zero-order valence-electron chi connectivity index (χ0n) is 16.5. The molecular formula is C25H22N2O3. The summed E-state index contributed by atoms with van der Waals surface area (Å²) in [5.41, 5.74) is 3.78. The summed E-state index contributed by atoms with van der Waals surface area (Å²) < 4.78 is 5.88. The Hall–Kier alpha value is -3.73. The van der Waals surface area contributed by atoms with Crippen LogP contribution in [0.1, 0.15) is 27.9 Å². The molecule has 1 aliphatic heterocycles. The lowest BCUT2D eigenvalue weighted by Crippen LogP contribution is -2.38. The Morgan fingerprint density at radius 2 is 1.97 bits per heavy atom. The first-order chi connectivity index (χ1) is 14.7. The number of hydrogen-bond donors (Lipinski definition) is 1. The zero-order valence-corrected chi connectivity index (χ0v) is 16.5. The highest BCUT2D eigenvalue weighted by atomic mass is 16.5. The average molecular weight is 398 g/mol. The summed E-state index contributed by atoms with van der Waals surface area (Å²) in [7, 11) is 0. The van der Waals surface area contributed by atoms with E-state index in [1.807, 2.05) is 54.6 Å². The fraction of sp³-hybridized carbons (Fsp3) is 0.160. The predicted molar refractivity (Wildman–Crippen MR) is 116 cm³/mol. The van der Waals surface area contributed by atoms with Gasteiger partial charge in [-0.1, -0.05) is 48.6 Å². The Labute approximate surface area is 175 Å². The van der Waals surface area contributed by atoms with Crippen molar-refractivity contribution in [3.8, 4) is 17.0 Å². The number of aldehydes is 1.